The van der Waals surface area contributed by atoms with Gasteiger partial charge in [-0.2, -0.15) is 4.98 Å². The highest BCUT2D eigenvalue weighted by Gasteiger charge is 2.06. The molecule has 0 radical (unpaired) electrons. The van der Waals surface area contributed by atoms with E-state index in [4.69, 9.17) is 10.5 Å². The van der Waals surface area contributed by atoms with Gasteiger partial charge in [-0.1, -0.05) is 6.92 Å². The van der Waals surface area contributed by atoms with E-state index in [2.05, 4.69) is 16.8 Å². The number of rotatable bonds is 5. The summed E-state index contributed by atoms with van der Waals surface area (Å²) in [6.45, 7) is 5.61. The molecule has 1 aromatic heterocycles. The van der Waals surface area contributed by atoms with Crippen molar-refractivity contribution in [3.8, 4) is 5.88 Å². The highest BCUT2D eigenvalue weighted by atomic mass is 16.5. The summed E-state index contributed by atoms with van der Waals surface area (Å²) in [5, 5.41) is 0. The Balaban J connectivity index is 2.86. The molecule has 0 aliphatic carbocycles. The lowest BCUT2D eigenvalue weighted by Crippen LogP contribution is -2.19. The molecule has 1 aromatic rings. The van der Waals surface area contributed by atoms with Crippen LogP contribution in [0.4, 0.5) is 11.5 Å². The molecule has 0 unspecified atom stereocenters. The summed E-state index contributed by atoms with van der Waals surface area (Å²) in [5.74, 6) is 1.42. The van der Waals surface area contributed by atoms with E-state index in [9.17, 15) is 0 Å². The van der Waals surface area contributed by atoms with Crippen LogP contribution in [0.3, 0.4) is 0 Å². The molecule has 0 aromatic carbocycles. The Hall–Kier alpha value is -1.45. The normalized spacial score (nSPS) is 10.1. The van der Waals surface area contributed by atoms with Crippen LogP contribution in [0.15, 0.2) is 12.1 Å². The summed E-state index contributed by atoms with van der Waals surface area (Å²) in [4.78, 5) is 6.44. The molecule has 84 valence electrons. The van der Waals surface area contributed by atoms with E-state index >= 15 is 0 Å². The fraction of sp³-hybridized carbons (Fsp3) is 0.545. The Morgan fingerprint density at radius 3 is 2.73 bits per heavy atom. The van der Waals surface area contributed by atoms with E-state index in [1.54, 1.807) is 0 Å². The fourth-order valence-corrected chi connectivity index (χ4v) is 1.36. The zero-order valence-corrected chi connectivity index (χ0v) is 9.66. The molecule has 0 bridgehead atoms. The molecule has 0 saturated carbocycles. The van der Waals surface area contributed by atoms with Crippen LogP contribution in [-0.4, -0.2) is 25.2 Å². The zero-order valence-electron chi connectivity index (χ0n) is 9.66. The van der Waals surface area contributed by atoms with Gasteiger partial charge in [-0.25, -0.2) is 0 Å². The van der Waals surface area contributed by atoms with Crippen molar-refractivity contribution in [1.29, 1.82) is 0 Å². The number of hydrogen-bond donors (Lipinski definition) is 1. The van der Waals surface area contributed by atoms with Gasteiger partial charge < -0.3 is 15.4 Å². The number of nitrogens with two attached hydrogens (primary N) is 1. The summed E-state index contributed by atoms with van der Waals surface area (Å²) in [6.07, 6.45) is 1.09. The SMILES string of the molecule is CCCN(C)c1ccc(N)c(OCC)n1. The molecule has 0 spiro atoms. The van der Waals surface area contributed by atoms with Gasteiger partial charge in [-0.05, 0) is 25.5 Å². The second-order valence-corrected chi connectivity index (χ2v) is 3.42. The molecule has 4 nitrogen and oxygen atoms in total. The first-order valence-electron chi connectivity index (χ1n) is 5.29. The first kappa shape index (κ1) is 11.6. The molecule has 2 N–H and O–H groups in total. The molecule has 1 rings (SSSR count). The second kappa shape index (κ2) is 5.44. The molecular formula is C11H19N3O. The number of nitrogens with zero attached hydrogens (tertiary/aromatic N) is 2. The van der Waals surface area contributed by atoms with E-state index < -0.39 is 0 Å². The maximum Gasteiger partial charge on any atom is 0.239 e. The highest BCUT2D eigenvalue weighted by molar-refractivity contribution is 5.54. The fourth-order valence-electron chi connectivity index (χ4n) is 1.36. The lowest BCUT2D eigenvalue weighted by atomic mass is 10.3. The molecule has 0 amide bonds. The second-order valence-electron chi connectivity index (χ2n) is 3.42. The van der Waals surface area contributed by atoms with E-state index in [0.29, 0.717) is 18.2 Å². The average molecular weight is 209 g/mol. The maximum absolute atomic E-state index is 5.74. The van der Waals surface area contributed by atoms with Gasteiger partial charge in [0.25, 0.3) is 0 Å². The van der Waals surface area contributed by atoms with Crippen molar-refractivity contribution < 1.29 is 4.74 Å². The number of hydrogen-bond acceptors (Lipinski definition) is 4. The number of aromatic nitrogens is 1. The predicted octanol–water partition coefficient (Wildman–Crippen LogP) is 1.91. The largest absolute Gasteiger partial charge is 0.476 e. The molecular weight excluding hydrogens is 190 g/mol. The van der Waals surface area contributed by atoms with Gasteiger partial charge in [0.05, 0.1) is 12.3 Å². The van der Waals surface area contributed by atoms with Gasteiger partial charge in [0.2, 0.25) is 5.88 Å². The molecule has 0 atom stereocenters. The molecule has 0 aliphatic rings. The number of nitrogen functional groups attached to an aromatic ring is 1. The van der Waals surface area contributed by atoms with Gasteiger partial charge >= 0.3 is 0 Å². The van der Waals surface area contributed by atoms with Crippen molar-refractivity contribution in [1.82, 2.24) is 4.98 Å². The standard InChI is InChI=1S/C11H19N3O/c1-4-8-14(3)10-7-6-9(12)11(13-10)15-5-2/h6-7H,4-5,8,12H2,1-3H3. The Labute approximate surface area is 91.1 Å². The quantitative estimate of drug-likeness (QED) is 0.804. The monoisotopic (exact) mass is 209 g/mol. The topological polar surface area (TPSA) is 51.4 Å². The number of pyridine rings is 1. The minimum absolute atomic E-state index is 0.526. The van der Waals surface area contributed by atoms with Gasteiger partial charge in [0, 0.05) is 13.6 Å². The molecule has 0 aliphatic heterocycles. The van der Waals surface area contributed by atoms with Gasteiger partial charge in [0.1, 0.15) is 5.82 Å². The third-order valence-corrected chi connectivity index (χ3v) is 2.11. The number of anilines is 2. The lowest BCUT2D eigenvalue weighted by molar-refractivity contribution is 0.329. The van der Waals surface area contributed by atoms with Crippen LogP contribution in [0.1, 0.15) is 20.3 Å². The first-order valence-corrected chi connectivity index (χ1v) is 5.29. The zero-order chi connectivity index (χ0) is 11.3. The minimum atomic E-state index is 0.526. The van der Waals surface area contributed by atoms with Crippen molar-refractivity contribution in [3.05, 3.63) is 12.1 Å². The average Bonchev–Trinajstić information content (AvgIpc) is 2.22. The smallest absolute Gasteiger partial charge is 0.239 e. The lowest BCUT2D eigenvalue weighted by Gasteiger charge is -2.18. The molecule has 1 heterocycles. The maximum atomic E-state index is 5.74. The summed E-state index contributed by atoms with van der Waals surface area (Å²) in [6, 6.07) is 3.74. The summed E-state index contributed by atoms with van der Waals surface area (Å²) >= 11 is 0. The van der Waals surface area contributed by atoms with Crippen molar-refractivity contribution in [2.75, 3.05) is 30.8 Å². The summed E-state index contributed by atoms with van der Waals surface area (Å²) in [7, 11) is 2.01. The Kier molecular flexibility index (Phi) is 4.21. The minimum Gasteiger partial charge on any atom is -0.476 e. The van der Waals surface area contributed by atoms with Gasteiger partial charge in [0.15, 0.2) is 0 Å². The molecule has 0 fully saturated rings. The van der Waals surface area contributed by atoms with Crippen molar-refractivity contribution in [2.24, 2.45) is 0 Å². The molecule has 4 heteroatoms. The summed E-state index contributed by atoms with van der Waals surface area (Å²) < 4.78 is 5.34. The predicted molar refractivity (Wildman–Crippen MR) is 63.4 cm³/mol. The molecule has 15 heavy (non-hydrogen) atoms. The van der Waals surface area contributed by atoms with Crippen molar-refractivity contribution >= 4 is 11.5 Å². The highest BCUT2D eigenvalue weighted by Crippen LogP contribution is 2.22. The van der Waals surface area contributed by atoms with Gasteiger partial charge in [-0.15, -0.1) is 0 Å². The van der Waals surface area contributed by atoms with Crippen LogP contribution in [0, 0.1) is 0 Å². The van der Waals surface area contributed by atoms with Crippen LogP contribution in [0.25, 0.3) is 0 Å². The van der Waals surface area contributed by atoms with Crippen LogP contribution >= 0.6 is 0 Å². The Morgan fingerprint density at radius 2 is 2.13 bits per heavy atom. The van der Waals surface area contributed by atoms with E-state index in [-0.39, 0.29) is 0 Å². The van der Waals surface area contributed by atoms with Crippen LogP contribution in [-0.2, 0) is 0 Å². The van der Waals surface area contributed by atoms with Crippen molar-refractivity contribution in [3.63, 3.8) is 0 Å². The van der Waals surface area contributed by atoms with Crippen LogP contribution in [0.5, 0.6) is 5.88 Å². The number of ether oxygens (including phenoxy) is 1. The van der Waals surface area contributed by atoms with Crippen molar-refractivity contribution in [2.45, 2.75) is 20.3 Å². The first-order chi connectivity index (χ1) is 7.19. The van der Waals surface area contributed by atoms with E-state index in [0.717, 1.165) is 18.8 Å². The van der Waals surface area contributed by atoms with Crippen LogP contribution in [0.2, 0.25) is 0 Å². The Bertz CT molecular complexity index is 315. The third-order valence-electron chi connectivity index (χ3n) is 2.11. The van der Waals surface area contributed by atoms with Crippen LogP contribution < -0.4 is 15.4 Å². The molecule has 0 saturated heterocycles. The van der Waals surface area contributed by atoms with E-state index in [1.807, 2.05) is 26.1 Å². The Morgan fingerprint density at radius 1 is 1.40 bits per heavy atom. The third kappa shape index (κ3) is 3.01. The summed E-state index contributed by atoms with van der Waals surface area (Å²) in [5.41, 5.74) is 6.33. The van der Waals surface area contributed by atoms with E-state index in [1.165, 1.54) is 0 Å². The van der Waals surface area contributed by atoms with Gasteiger partial charge in [-0.3, -0.25) is 0 Å².